The normalized spacial score (nSPS) is 16.0. The third kappa shape index (κ3) is 4.36. The van der Waals surface area contributed by atoms with E-state index in [4.69, 9.17) is 16.3 Å². The zero-order valence-corrected chi connectivity index (χ0v) is 16.8. The van der Waals surface area contributed by atoms with Crippen LogP contribution in [0.3, 0.4) is 0 Å². The molecule has 4 rings (SSSR count). The molecule has 4 nitrogen and oxygen atoms in total. The molecule has 1 atom stereocenters. The first-order valence-corrected chi connectivity index (χ1v) is 9.95. The predicted octanol–water partition coefficient (Wildman–Crippen LogP) is 5.60. The summed E-state index contributed by atoms with van der Waals surface area (Å²) >= 11 is 5.73. The molecule has 1 heterocycles. The lowest BCUT2D eigenvalue weighted by atomic mass is 9.98. The second kappa shape index (κ2) is 8.67. The Bertz CT molecular complexity index is 1090. The summed E-state index contributed by atoms with van der Waals surface area (Å²) in [7, 11) is 0. The zero-order valence-electron chi connectivity index (χ0n) is 16.1. The Hall–Kier alpha value is -3.18. The fraction of sp³-hybridized carbons (Fsp3) is 0.167. The molecule has 0 bridgehead atoms. The molecule has 1 saturated heterocycles. The Morgan fingerprint density at radius 2 is 1.90 bits per heavy atom. The summed E-state index contributed by atoms with van der Waals surface area (Å²) in [6, 6.07) is 19.1. The summed E-state index contributed by atoms with van der Waals surface area (Å²) in [4.78, 5) is 25.6. The van der Waals surface area contributed by atoms with Crippen LogP contribution in [-0.4, -0.2) is 23.6 Å². The van der Waals surface area contributed by atoms with Gasteiger partial charge in [0.15, 0.2) is 0 Å². The summed E-state index contributed by atoms with van der Waals surface area (Å²) in [6.45, 7) is 0.887. The van der Waals surface area contributed by atoms with E-state index in [0.717, 1.165) is 11.8 Å². The van der Waals surface area contributed by atoms with Gasteiger partial charge in [0.05, 0.1) is 5.02 Å². The van der Waals surface area contributed by atoms with Crippen molar-refractivity contribution in [2.45, 2.75) is 18.9 Å². The van der Waals surface area contributed by atoms with Crippen molar-refractivity contribution >= 4 is 23.8 Å². The van der Waals surface area contributed by atoms with E-state index in [-0.39, 0.29) is 22.6 Å². The van der Waals surface area contributed by atoms with Crippen LogP contribution in [0.1, 0.15) is 33.8 Å². The largest absolute Gasteiger partial charge is 0.457 e. The van der Waals surface area contributed by atoms with E-state index >= 15 is 0 Å². The molecule has 1 aliphatic heterocycles. The van der Waals surface area contributed by atoms with Gasteiger partial charge < -0.3 is 9.64 Å². The number of benzene rings is 3. The van der Waals surface area contributed by atoms with E-state index in [9.17, 15) is 14.0 Å². The maximum Gasteiger partial charge on any atom is 0.223 e. The van der Waals surface area contributed by atoms with Gasteiger partial charge in [0.2, 0.25) is 5.91 Å². The summed E-state index contributed by atoms with van der Waals surface area (Å²) in [5.74, 6) is 0.331. The third-order valence-electron chi connectivity index (χ3n) is 5.19. The van der Waals surface area contributed by atoms with Gasteiger partial charge in [0.1, 0.15) is 23.6 Å². The number of hydrogen-bond donors (Lipinski definition) is 0. The molecule has 3 aromatic rings. The Balaban J connectivity index is 1.57. The number of rotatable bonds is 6. The second-order valence-electron chi connectivity index (χ2n) is 7.25. The van der Waals surface area contributed by atoms with Crippen molar-refractivity contribution in [2.24, 2.45) is 0 Å². The zero-order chi connectivity index (χ0) is 21.1. The van der Waals surface area contributed by atoms with Gasteiger partial charge in [-0.25, -0.2) is 4.39 Å². The van der Waals surface area contributed by atoms with E-state index in [1.807, 2.05) is 30.3 Å². The number of amides is 1. The minimum Gasteiger partial charge on any atom is -0.457 e. The van der Waals surface area contributed by atoms with Crippen molar-refractivity contribution in [3.8, 4) is 11.5 Å². The number of carbonyl (C=O) groups is 2. The molecule has 0 spiro atoms. The third-order valence-corrected chi connectivity index (χ3v) is 5.49. The van der Waals surface area contributed by atoms with Crippen molar-refractivity contribution in [2.75, 3.05) is 6.54 Å². The number of ether oxygens (including phenoxy) is 1. The van der Waals surface area contributed by atoms with Gasteiger partial charge in [-0.2, -0.15) is 0 Å². The number of nitrogens with zero attached hydrogens (tertiary/aromatic N) is 1. The van der Waals surface area contributed by atoms with Gasteiger partial charge >= 0.3 is 0 Å². The monoisotopic (exact) mass is 423 g/mol. The van der Waals surface area contributed by atoms with Gasteiger partial charge in [-0.15, -0.1) is 0 Å². The molecule has 1 aliphatic rings. The van der Waals surface area contributed by atoms with Crippen LogP contribution in [0.5, 0.6) is 11.5 Å². The molecule has 0 N–H and O–H groups in total. The average Bonchev–Trinajstić information content (AvgIpc) is 3.13. The quantitative estimate of drug-likeness (QED) is 0.485. The fourth-order valence-electron chi connectivity index (χ4n) is 3.64. The van der Waals surface area contributed by atoms with Gasteiger partial charge in [-0.05, 0) is 35.9 Å². The molecule has 0 saturated carbocycles. The molecular formula is C24H19ClFNO3. The highest BCUT2D eigenvalue weighted by atomic mass is 35.5. The van der Waals surface area contributed by atoms with Crippen LogP contribution in [-0.2, 0) is 11.3 Å². The molecule has 0 aromatic heterocycles. The smallest absolute Gasteiger partial charge is 0.223 e. The van der Waals surface area contributed by atoms with Gasteiger partial charge in [0.25, 0.3) is 0 Å². The SMILES string of the molecule is O=Cc1ccc(Oc2ccc(Cl)c(F)c2)c(CN2CC(c3ccccc3)CC2=O)c1. The first kappa shape index (κ1) is 20.1. The number of halogens is 2. The van der Waals surface area contributed by atoms with Gasteiger partial charge in [0, 0.05) is 42.6 Å². The molecule has 1 unspecified atom stereocenters. The van der Waals surface area contributed by atoms with E-state index in [1.54, 1.807) is 29.2 Å². The second-order valence-corrected chi connectivity index (χ2v) is 7.66. The van der Waals surface area contributed by atoms with Crippen molar-refractivity contribution in [3.63, 3.8) is 0 Å². The average molecular weight is 424 g/mol. The van der Waals surface area contributed by atoms with Crippen LogP contribution in [0, 0.1) is 5.82 Å². The van der Waals surface area contributed by atoms with Crippen molar-refractivity contribution in [3.05, 3.63) is 94.3 Å². The lowest BCUT2D eigenvalue weighted by Gasteiger charge is -2.20. The maximum absolute atomic E-state index is 13.8. The standard InChI is InChI=1S/C24H19ClFNO3/c25-21-8-7-20(12-22(21)26)30-23-9-6-16(15-28)10-19(23)14-27-13-18(11-24(27)29)17-4-2-1-3-5-17/h1-10,12,15,18H,11,13-14H2. The van der Waals surface area contributed by atoms with Crippen molar-refractivity contribution < 1.29 is 18.7 Å². The van der Waals surface area contributed by atoms with Gasteiger partial charge in [-0.3, -0.25) is 9.59 Å². The van der Waals surface area contributed by atoms with Crippen LogP contribution in [0.25, 0.3) is 0 Å². The van der Waals surface area contributed by atoms with Crippen LogP contribution in [0.15, 0.2) is 66.7 Å². The molecule has 1 fully saturated rings. The molecule has 6 heteroatoms. The predicted molar refractivity (Wildman–Crippen MR) is 113 cm³/mol. The summed E-state index contributed by atoms with van der Waals surface area (Å²) in [6.07, 6.45) is 1.18. The van der Waals surface area contributed by atoms with Crippen LogP contribution >= 0.6 is 11.6 Å². The molecule has 3 aromatic carbocycles. The van der Waals surface area contributed by atoms with E-state index in [1.165, 1.54) is 12.1 Å². The molecule has 30 heavy (non-hydrogen) atoms. The lowest BCUT2D eigenvalue weighted by Crippen LogP contribution is -2.24. The van der Waals surface area contributed by atoms with E-state index < -0.39 is 5.82 Å². The minimum atomic E-state index is -0.583. The Morgan fingerprint density at radius 1 is 1.10 bits per heavy atom. The maximum atomic E-state index is 13.8. The number of hydrogen-bond acceptors (Lipinski definition) is 3. The van der Waals surface area contributed by atoms with Crippen molar-refractivity contribution in [1.29, 1.82) is 0 Å². The molecule has 152 valence electrons. The highest BCUT2D eigenvalue weighted by Gasteiger charge is 2.31. The van der Waals surface area contributed by atoms with Crippen LogP contribution in [0.2, 0.25) is 5.02 Å². The minimum absolute atomic E-state index is 0.00786. The van der Waals surface area contributed by atoms with E-state index in [2.05, 4.69) is 0 Å². The van der Waals surface area contributed by atoms with Gasteiger partial charge in [-0.1, -0.05) is 41.9 Å². The Kier molecular flexibility index (Phi) is 5.81. The van der Waals surface area contributed by atoms with Crippen molar-refractivity contribution in [1.82, 2.24) is 4.90 Å². The molecule has 0 aliphatic carbocycles. The summed E-state index contributed by atoms with van der Waals surface area (Å²) in [5, 5.41) is 0.00786. The number of aldehydes is 1. The fourth-order valence-corrected chi connectivity index (χ4v) is 3.76. The first-order valence-electron chi connectivity index (χ1n) is 9.57. The Labute approximate surface area is 178 Å². The molecular weight excluding hydrogens is 405 g/mol. The molecule has 0 radical (unpaired) electrons. The highest BCUT2D eigenvalue weighted by Crippen LogP contribution is 2.33. The van der Waals surface area contributed by atoms with E-state index in [0.29, 0.717) is 36.4 Å². The summed E-state index contributed by atoms with van der Waals surface area (Å²) in [5.41, 5.74) is 2.28. The van der Waals surface area contributed by atoms with Crippen LogP contribution in [0.4, 0.5) is 4.39 Å². The summed E-state index contributed by atoms with van der Waals surface area (Å²) < 4.78 is 19.6. The first-order chi connectivity index (χ1) is 14.5. The lowest BCUT2D eigenvalue weighted by molar-refractivity contribution is -0.128. The highest BCUT2D eigenvalue weighted by molar-refractivity contribution is 6.30. The molecule has 1 amide bonds. The van der Waals surface area contributed by atoms with Crippen LogP contribution < -0.4 is 4.74 Å². The Morgan fingerprint density at radius 3 is 2.63 bits per heavy atom. The number of carbonyl (C=O) groups excluding carboxylic acids is 2. The number of likely N-dealkylation sites (tertiary alicyclic amines) is 1. The topological polar surface area (TPSA) is 46.6 Å².